The van der Waals surface area contributed by atoms with Gasteiger partial charge in [-0.1, -0.05) is 51.2 Å². The first-order valence-corrected chi connectivity index (χ1v) is 13.1. The number of benzene rings is 1. The summed E-state index contributed by atoms with van der Waals surface area (Å²) < 4.78 is 15.1. The minimum atomic E-state index is -2.86. The number of unbranched alkanes of at least 4 members (excludes halogenated alkanes) is 1. The van der Waals surface area contributed by atoms with Crippen LogP contribution in [0.2, 0.25) is 0 Å². The highest BCUT2D eigenvalue weighted by Gasteiger charge is 2.25. The zero-order valence-electron chi connectivity index (χ0n) is 17.2. The lowest BCUT2D eigenvalue weighted by molar-refractivity contribution is -0.130. The summed E-state index contributed by atoms with van der Waals surface area (Å²) in [6, 6.07) is 4.80. The number of aliphatic hydroxyl groups is 1. The van der Waals surface area contributed by atoms with E-state index in [-0.39, 0.29) is 12.4 Å². The lowest BCUT2D eigenvalue weighted by atomic mass is 10.1. The Kier molecular flexibility index (Phi) is 10.9. The Morgan fingerprint density at radius 2 is 1.90 bits per heavy atom. The largest absolute Gasteiger partial charge is 0.409 e. The molecule has 2 amide bonds. The van der Waals surface area contributed by atoms with Crippen molar-refractivity contribution in [3.05, 3.63) is 35.4 Å². The first kappa shape index (κ1) is 26.0. The average Bonchev–Trinajstić information content (AvgIpc) is 2.73. The maximum atomic E-state index is 12.5. The fraction of sp³-hybridized carbons (Fsp3) is 0.500. The van der Waals surface area contributed by atoms with Crippen LogP contribution >= 0.6 is 8.44 Å². The molecule has 1 aromatic rings. The molecule has 3 atom stereocenters. The van der Waals surface area contributed by atoms with Crippen LogP contribution in [0.1, 0.15) is 37.8 Å². The summed E-state index contributed by atoms with van der Waals surface area (Å²) in [5.41, 5.74) is 6.82. The summed E-state index contributed by atoms with van der Waals surface area (Å²) in [5.74, 6) is -0.649. The number of amides is 2. The maximum absolute atomic E-state index is 12.5. The Morgan fingerprint density at radius 3 is 2.43 bits per heavy atom. The van der Waals surface area contributed by atoms with Crippen molar-refractivity contribution in [1.82, 2.24) is 15.4 Å². The Balaban J connectivity index is 2.57. The summed E-state index contributed by atoms with van der Waals surface area (Å²) in [6.07, 6.45) is 1.59. The lowest BCUT2D eigenvalue weighted by Crippen LogP contribution is -2.54. The van der Waals surface area contributed by atoms with Crippen LogP contribution in [0.5, 0.6) is 0 Å². The van der Waals surface area contributed by atoms with Crippen molar-refractivity contribution in [3.63, 3.8) is 0 Å². The lowest BCUT2D eigenvalue weighted by Gasteiger charge is -2.26. The van der Waals surface area contributed by atoms with Crippen LogP contribution in [0.4, 0.5) is 0 Å². The van der Waals surface area contributed by atoms with Gasteiger partial charge in [-0.2, -0.15) is 0 Å². The van der Waals surface area contributed by atoms with Crippen LogP contribution in [-0.4, -0.2) is 56.6 Å². The molecule has 0 bridgehead atoms. The van der Waals surface area contributed by atoms with E-state index in [0.717, 1.165) is 18.4 Å². The molecule has 7 N–H and O–H groups in total. The highest BCUT2D eigenvalue weighted by molar-refractivity contribution is 8.44. The van der Waals surface area contributed by atoms with Crippen LogP contribution in [0.15, 0.2) is 29.4 Å². The standard InChI is InChI=1S/C18H32N5O5PS/c1-3-4-9-30(28,29)23-15(11-24)18(26)21-12(2)17(25)20-10-13-5-7-14(8-6-13)16(19)22-27/h5-8,12,15,24,27,30H,3-4,9-11,29H2,1-2H3,(H2,19,22)(H,20,25)(H,21,26)(H,23,28)/t12-,15+/m0/s1. The first-order chi connectivity index (χ1) is 14.1. The van der Waals surface area contributed by atoms with Crippen LogP contribution in [0.3, 0.4) is 0 Å². The normalized spacial score (nSPS) is 14.6. The molecule has 0 radical (unpaired) electrons. The molecular weight excluding hydrogens is 429 g/mol. The molecule has 30 heavy (non-hydrogen) atoms. The molecule has 0 aliphatic heterocycles. The molecule has 0 aliphatic carbocycles. The summed E-state index contributed by atoms with van der Waals surface area (Å²) >= 11 is 0. The molecule has 0 saturated heterocycles. The minimum Gasteiger partial charge on any atom is -0.409 e. The maximum Gasteiger partial charge on any atom is 0.242 e. The molecule has 0 saturated carbocycles. The zero-order chi connectivity index (χ0) is 22.7. The fourth-order valence-electron chi connectivity index (χ4n) is 2.48. The van der Waals surface area contributed by atoms with E-state index in [9.17, 15) is 18.9 Å². The second kappa shape index (κ2) is 12.6. The minimum absolute atomic E-state index is 0.0151. The molecule has 170 valence electrons. The summed E-state index contributed by atoms with van der Waals surface area (Å²) in [7, 11) is -0.622. The number of hydrogen-bond donors (Lipinski definition) is 7. The topological polar surface area (TPSA) is 166 Å². The molecule has 0 heterocycles. The Morgan fingerprint density at radius 1 is 1.27 bits per heavy atom. The van der Waals surface area contributed by atoms with Gasteiger partial charge in [0.25, 0.3) is 0 Å². The van der Waals surface area contributed by atoms with Gasteiger partial charge in [-0.3, -0.25) is 13.8 Å². The van der Waals surface area contributed by atoms with Crippen molar-refractivity contribution in [3.8, 4) is 0 Å². The summed E-state index contributed by atoms with van der Waals surface area (Å²) in [5, 5.41) is 26.3. The monoisotopic (exact) mass is 461 g/mol. The van der Waals surface area contributed by atoms with E-state index in [1.54, 1.807) is 24.3 Å². The predicted molar refractivity (Wildman–Crippen MR) is 121 cm³/mol. The fourth-order valence-corrected chi connectivity index (χ4v) is 5.21. The second-order valence-electron chi connectivity index (χ2n) is 6.87. The van der Waals surface area contributed by atoms with Crippen molar-refractivity contribution in [2.24, 2.45) is 10.9 Å². The van der Waals surface area contributed by atoms with E-state index in [2.05, 4.69) is 29.0 Å². The molecule has 0 aromatic heterocycles. The third kappa shape index (κ3) is 8.74. The van der Waals surface area contributed by atoms with E-state index < -0.39 is 40.2 Å². The average molecular weight is 462 g/mol. The number of thiol groups is 1. The van der Waals surface area contributed by atoms with E-state index in [1.807, 2.05) is 6.92 Å². The zero-order valence-corrected chi connectivity index (χ0v) is 19.2. The number of nitrogens with zero attached hydrogens (tertiary/aromatic N) is 1. The number of rotatable bonds is 12. The van der Waals surface area contributed by atoms with Gasteiger partial charge in [0.05, 0.1) is 6.61 Å². The second-order valence-corrected chi connectivity index (χ2v) is 11.7. The summed E-state index contributed by atoms with van der Waals surface area (Å²) in [4.78, 5) is 24.6. The summed E-state index contributed by atoms with van der Waals surface area (Å²) in [6.45, 7) is 3.15. The first-order valence-electron chi connectivity index (χ1n) is 9.54. The van der Waals surface area contributed by atoms with E-state index in [1.165, 1.54) is 6.92 Å². The molecule has 0 fully saturated rings. The molecule has 1 aromatic carbocycles. The number of carbonyl (C=O) groups is 2. The number of nitrogens with two attached hydrogens (primary N) is 1. The third-order valence-electron chi connectivity index (χ3n) is 4.29. The van der Waals surface area contributed by atoms with Gasteiger partial charge < -0.3 is 26.7 Å². The van der Waals surface area contributed by atoms with Crippen molar-refractivity contribution >= 4 is 35.8 Å². The molecule has 10 nitrogen and oxygen atoms in total. The predicted octanol–water partition coefficient (Wildman–Crippen LogP) is -0.626. The number of aliphatic hydroxyl groups excluding tert-OH is 1. The number of oxime groups is 1. The van der Waals surface area contributed by atoms with E-state index in [0.29, 0.717) is 11.3 Å². The Hall–Kier alpha value is -2.07. The van der Waals surface area contributed by atoms with E-state index >= 15 is 0 Å². The number of hydrogen-bond acceptors (Lipinski definition) is 6. The number of nitrogens with one attached hydrogen (secondary N) is 3. The SMILES string of the molecule is CCCC[SH](=O)(P)N[C@H](CO)C(=O)N[C@@H](C)C(=O)NCc1ccc(/C(N)=N/O)cc1. The van der Waals surface area contributed by atoms with Gasteiger partial charge in [0, 0.05) is 17.9 Å². The van der Waals surface area contributed by atoms with Crippen molar-refractivity contribution in [1.29, 1.82) is 0 Å². The molecule has 0 aliphatic rings. The van der Waals surface area contributed by atoms with Crippen LogP contribution in [-0.2, 0) is 25.9 Å². The number of amidine groups is 1. The highest BCUT2D eigenvalue weighted by Crippen LogP contribution is 2.14. The molecule has 0 spiro atoms. The van der Waals surface area contributed by atoms with E-state index in [4.69, 9.17) is 10.9 Å². The van der Waals surface area contributed by atoms with Gasteiger partial charge in [-0.25, -0.2) is 4.72 Å². The van der Waals surface area contributed by atoms with Gasteiger partial charge in [0.2, 0.25) is 11.8 Å². The molecule has 1 unspecified atom stereocenters. The van der Waals surface area contributed by atoms with Crippen molar-refractivity contribution < 1.29 is 24.1 Å². The number of carbonyl (C=O) groups excluding carboxylic acids is 2. The molecule has 1 rings (SSSR count). The third-order valence-corrected chi connectivity index (χ3v) is 7.24. The van der Waals surface area contributed by atoms with Gasteiger partial charge in [-0.05, 0) is 28.6 Å². The van der Waals surface area contributed by atoms with Crippen molar-refractivity contribution in [2.45, 2.75) is 45.3 Å². The highest BCUT2D eigenvalue weighted by atomic mass is 32.8. The van der Waals surface area contributed by atoms with Crippen LogP contribution in [0, 0.1) is 0 Å². The van der Waals surface area contributed by atoms with Gasteiger partial charge in [0.1, 0.15) is 12.1 Å². The quantitative estimate of drug-likeness (QED) is 0.0547. The van der Waals surface area contributed by atoms with Gasteiger partial charge >= 0.3 is 0 Å². The Bertz CT molecular complexity index is 790. The van der Waals surface area contributed by atoms with Crippen LogP contribution < -0.4 is 21.1 Å². The Labute approximate surface area is 179 Å². The molecule has 12 heteroatoms. The van der Waals surface area contributed by atoms with Gasteiger partial charge in [0.15, 0.2) is 5.84 Å². The smallest absolute Gasteiger partial charge is 0.242 e. The van der Waals surface area contributed by atoms with Gasteiger partial charge in [-0.15, -0.1) is 0 Å². The van der Waals surface area contributed by atoms with Crippen molar-refractivity contribution in [2.75, 3.05) is 12.4 Å². The molecular formula is C18H32N5O5PS. The van der Waals surface area contributed by atoms with Crippen LogP contribution in [0.25, 0.3) is 0 Å².